The number of carbonyl (C=O) groups is 2. The summed E-state index contributed by atoms with van der Waals surface area (Å²) in [5.41, 5.74) is 1.73. The predicted octanol–water partition coefficient (Wildman–Crippen LogP) is 3.99. The minimum atomic E-state index is -3.79. The second kappa shape index (κ2) is 10.9. The van der Waals surface area contributed by atoms with E-state index in [1.54, 1.807) is 43.3 Å². The van der Waals surface area contributed by atoms with E-state index < -0.39 is 34.4 Å². The quantitative estimate of drug-likeness (QED) is 0.525. The number of aryl methyl sites for hydroxylation is 1. The van der Waals surface area contributed by atoms with Gasteiger partial charge in [-0.2, -0.15) is 0 Å². The van der Waals surface area contributed by atoms with Crippen LogP contribution in [0.4, 0.5) is 5.69 Å². The van der Waals surface area contributed by atoms with Crippen LogP contribution in [0.25, 0.3) is 0 Å². The molecule has 1 N–H and O–H groups in total. The van der Waals surface area contributed by atoms with E-state index in [9.17, 15) is 18.0 Å². The van der Waals surface area contributed by atoms with Gasteiger partial charge in [0.2, 0.25) is 21.8 Å². The number of halogens is 3. The number of nitrogens with zero attached hydrogens (tertiary/aromatic N) is 2. The van der Waals surface area contributed by atoms with E-state index in [2.05, 4.69) is 21.2 Å². The van der Waals surface area contributed by atoms with Crippen molar-refractivity contribution in [3.63, 3.8) is 0 Å². The molecule has 0 spiro atoms. The Kier molecular flexibility index (Phi) is 8.98. The zero-order valence-corrected chi connectivity index (χ0v) is 21.9. The summed E-state index contributed by atoms with van der Waals surface area (Å²) in [6.07, 6.45) is 1.03. The third kappa shape index (κ3) is 6.60. The summed E-state index contributed by atoms with van der Waals surface area (Å²) in [4.78, 5) is 26.9. The molecule has 0 fully saturated rings. The number of benzene rings is 2. The fourth-order valence-electron chi connectivity index (χ4n) is 3.02. The number of likely N-dealkylation sites (N-methyl/N-ethyl adjacent to an activating group) is 1. The predicted molar refractivity (Wildman–Crippen MR) is 132 cm³/mol. The first-order chi connectivity index (χ1) is 14.8. The van der Waals surface area contributed by atoms with Crippen molar-refractivity contribution in [1.82, 2.24) is 10.2 Å². The Morgan fingerprint density at radius 1 is 1.16 bits per heavy atom. The van der Waals surface area contributed by atoms with Crippen LogP contribution in [0.5, 0.6) is 0 Å². The first-order valence-electron chi connectivity index (χ1n) is 9.54. The van der Waals surface area contributed by atoms with E-state index in [4.69, 9.17) is 23.2 Å². The van der Waals surface area contributed by atoms with Crippen molar-refractivity contribution in [1.29, 1.82) is 0 Å². The molecule has 7 nitrogen and oxygen atoms in total. The molecule has 1 unspecified atom stereocenters. The lowest BCUT2D eigenvalue weighted by Crippen LogP contribution is -2.50. The molecule has 174 valence electrons. The number of amides is 2. The molecule has 0 radical (unpaired) electrons. The van der Waals surface area contributed by atoms with Gasteiger partial charge in [0.25, 0.3) is 0 Å². The van der Waals surface area contributed by atoms with E-state index in [-0.39, 0.29) is 6.54 Å². The molecule has 0 saturated heterocycles. The van der Waals surface area contributed by atoms with Gasteiger partial charge in [0.1, 0.15) is 12.6 Å². The van der Waals surface area contributed by atoms with E-state index in [0.717, 1.165) is 20.6 Å². The van der Waals surface area contributed by atoms with Gasteiger partial charge in [0.05, 0.1) is 11.9 Å². The largest absolute Gasteiger partial charge is 0.357 e. The smallest absolute Gasteiger partial charge is 0.244 e. The molecule has 11 heteroatoms. The number of nitrogens with one attached hydrogen (secondary N) is 1. The minimum absolute atomic E-state index is 0.000387. The van der Waals surface area contributed by atoms with Crippen LogP contribution in [0.15, 0.2) is 40.9 Å². The van der Waals surface area contributed by atoms with E-state index in [1.165, 1.54) is 11.9 Å². The lowest BCUT2D eigenvalue weighted by molar-refractivity contribution is -0.139. The SMILES string of the molecule is CNC(=O)C(C)N(Cc1ccc(Cl)cc1Cl)C(=O)CN(c1ccc(Br)c(C)c1)S(C)(=O)=O. The molecule has 0 saturated carbocycles. The van der Waals surface area contributed by atoms with Crippen LogP contribution in [0.1, 0.15) is 18.1 Å². The molecule has 2 aromatic rings. The van der Waals surface area contributed by atoms with Crippen molar-refractivity contribution in [2.45, 2.75) is 26.4 Å². The molecule has 0 heterocycles. The van der Waals surface area contributed by atoms with Crippen LogP contribution < -0.4 is 9.62 Å². The Balaban J connectivity index is 2.43. The maximum Gasteiger partial charge on any atom is 0.244 e. The highest BCUT2D eigenvalue weighted by Crippen LogP contribution is 2.26. The molecule has 0 aliphatic heterocycles. The Labute approximate surface area is 206 Å². The molecule has 32 heavy (non-hydrogen) atoms. The number of hydrogen-bond donors (Lipinski definition) is 1. The van der Waals surface area contributed by atoms with Crippen LogP contribution in [-0.2, 0) is 26.2 Å². The van der Waals surface area contributed by atoms with Crippen molar-refractivity contribution in [3.8, 4) is 0 Å². The Morgan fingerprint density at radius 2 is 1.81 bits per heavy atom. The molecular formula is C21H24BrCl2N3O4S. The fourth-order valence-corrected chi connectivity index (χ4v) is 4.58. The van der Waals surface area contributed by atoms with Crippen LogP contribution in [-0.4, -0.2) is 51.0 Å². The first kappa shape index (κ1) is 26.4. The number of sulfonamides is 1. The van der Waals surface area contributed by atoms with Gasteiger partial charge in [-0.05, 0) is 55.3 Å². The fraction of sp³-hybridized carbons (Fsp3) is 0.333. The van der Waals surface area contributed by atoms with Crippen LogP contribution >= 0.6 is 39.1 Å². The topological polar surface area (TPSA) is 86.8 Å². The standard InChI is InChI=1S/C21H24BrCl2N3O4S/c1-13-9-17(7-8-18(13)22)27(32(4,30)31)12-20(28)26(14(2)21(29)25-3)11-15-5-6-16(23)10-19(15)24/h5-10,14H,11-12H2,1-4H3,(H,25,29). The summed E-state index contributed by atoms with van der Waals surface area (Å²) in [7, 11) is -2.33. The third-order valence-electron chi connectivity index (χ3n) is 4.88. The minimum Gasteiger partial charge on any atom is -0.357 e. The second-order valence-electron chi connectivity index (χ2n) is 7.25. The van der Waals surface area contributed by atoms with E-state index in [0.29, 0.717) is 21.3 Å². The lowest BCUT2D eigenvalue weighted by Gasteiger charge is -2.31. The molecule has 2 aromatic carbocycles. The van der Waals surface area contributed by atoms with Gasteiger partial charge in [-0.15, -0.1) is 0 Å². The average Bonchev–Trinajstić information content (AvgIpc) is 2.71. The van der Waals surface area contributed by atoms with E-state index in [1.807, 2.05) is 6.92 Å². The van der Waals surface area contributed by atoms with Gasteiger partial charge in [0, 0.05) is 28.1 Å². The summed E-state index contributed by atoms with van der Waals surface area (Å²) in [5, 5.41) is 3.29. The van der Waals surface area contributed by atoms with Crippen molar-refractivity contribution >= 4 is 66.7 Å². The number of anilines is 1. The van der Waals surface area contributed by atoms with Crippen molar-refractivity contribution in [3.05, 3.63) is 62.0 Å². The maximum absolute atomic E-state index is 13.3. The highest BCUT2D eigenvalue weighted by atomic mass is 79.9. The zero-order chi connectivity index (χ0) is 24.2. The highest BCUT2D eigenvalue weighted by Gasteiger charge is 2.30. The number of carbonyl (C=O) groups excluding carboxylic acids is 2. The van der Waals surface area contributed by atoms with Crippen LogP contribution in [0, 0.1) is 6.92 Å². The molecule has 0 aliphatic carbocycles. The molecule has 1 atom stereocenters. The molecule has 0 aliphatic rings. The Bertz CT molecular complexity index is 1130. The van der Waals surface area contributed by atoms with Gasteiger partial charge in [-0.1, -0.05) is 45.2 Å². The van der Waals surface area contributed by atoms with Crippen molar-refractivity contribution in [2.24, 2.45) is 0 Å². The van der Waals surface area contributed by atoms with Crippen LogP contribution in [0.2, 0.25) is 10.0 Å². The zero-order valence-electron chi connectivity index (χ0n) is 18.0. The molecule has 0 aromatic heterocycles. The second-order valence-corrected chi connectivity index (χ2v) is 10.9. The Morgan fingerprint density at radius 3 is 2.34 bits per heavy atom. The summed E-state index contributed by atoms with van der Waals surface area (Å²) < 4.78 is 26.9. The third-order valence-corrected chi connectivity index (χ3v) is 7.50. The monoisotopic (exact) mass is 563 g/mol. The molecule has 2 rings (SSSR count). The average molecular weight is 565 g/mol. The van der Waals surface area contributed by atoms with Gasteiger partial charge >= 0.3 is 0 Å². The molecule has 0 bridgehead atoms. The van der Waals surface area contributed by atoms with Gasteiger partial charge in [-0.25, -0.2) is 8.42 Å². The van der Waals surface area contributed by atoms with Gasteiger partial charge < -0.3 is 10.2 Å². The highest BCUT2D eigenvalue weighted by molar-refractivity contribution is 9.10. The van der Waals surface area contributed by atoms with E-state index >= 15 is 0 Å². The molecule has 2 amide bonds. The van der Waals surface area contributed by atoms with Gasteiger partial charge in [0.15, 0.2) is 0 Å². The van der Waals surface area contributed by atoms with Gasteiger partial charge in [-0.3, -0.25) is 13.9 Å². The first-order valence-corrected chi connectivity index (χ1v) is 12.9. The maximum atomic E-state index is 13.3. The number of hydrogen-bond acceptors (Lipinski definition) is 4. The van der Waals surface area contributed by atoms with Crippen molar-refractivity contribution < 1.29 is 18.0 Å². The van der Waals surface area contributed by atoms with Crippen molar-refractivity contribution in [2.75, 3.05) is 24.2 Å². The normalized spacial score (nSPS) is 12.2. The Hall–Kier alpha value is -1.81. The summed E-state index contributed by atoms with van der Waals surface area (Å²) in [6.45, 7) is 2.90. The molecular weight excluding hydrogens is 541 g/mol. The summed E-state index contributed by atoms with van der Waals surface area (Å²) in [6, 6.07) is 8.95. The summed E-state index contributed by atoms with van der Waals surface area (Å²) >= 11 is 15.6. The lowest BCUT2D eigenvalue weighted by atomic mass is 10.1. The summed E-state index contributed by atoms with van der Waals surface area (Å²) in [5.74, 6) is -0.952. The van der Waals surface area contributed by atoms with Crippen LogP contribution in [0.3, 0.4) is 0 Å². The number of rotatable bonds is 8.